The third kappa shape index (κ3) is 1.30. The smallest absolute Gasteiger partial charge is 0.139 e. The fourth-order valence-corrected chi connectivity index (χ4v) is 3.16. The number of rotatable bonds is 2. The molecule has 4 aliphatic heterocycles. The van der Waals surface area contributed by atoms with Gasteiger partial charge in [0.2, 0.25) is 0 Å². The van der Waals surface area contributed by atoms with Gasteiger partial charge < -0.3 is 0 Å². The Balaban J connectivity index is 1.80. The third-order valence-electron chi connectivity index (χ3n) is 3.43. The fourth-order valence-electron chi connectivity index (χ4n) is 3.16. The lowest BCUT2D eigenvalue weighted by Crippen LogP contribution is -2.79. The first-order valence-corrected chi connectivity index (χ1v) is 5.43. The average Bonchev–Trinajstić information content (AvgIpc) is 2.12. The van der Waals surface area contributed by atoms with Crippen molar-refractivity contribution in [2.75, 3.05) is 46.6 Å². The van der Waals surface area contributed by atoms with Crippen LogP contribution in [0.15, 0.2) is 12.2 Å². The highest BCUT2D eigenvalue weighted by Crippen LogP contribution is 2.28. The molecule has 0 radical (unpaired) electrons. The summed E-state index contributed by atoms with van der Waals surface area (Å²) in [6.45, 7) is 10.6. The molecule has 4 aliphatic rings. The lowest BCUT2D eigenvalue weighted by Gasteiger charge is -2.60. The Morgan fingerprint density at radius 2 is 1.50 bits per heavy atom. The summed E-state index contributed by atoms with van der Waals surface area (Å²) in [5, 5.41) is 0. The quantitative estimate of drug-likeness (QED) is 0.456. The van der Waals surface area contributed by atoms with E-state index in [1.165, 1.54) is 51.0 Å². The monoisotopic (exact) mass is 195 g/mol. The molecule has 78 valence electrons. The second-order valence-corrected chi connectivity index (χ2v) is 4.95. The van der Waals surface area contributed by atoms with Gasteiger partial charge in [-0.05, 0) is 13.0 Å². The van der Waals surface area contributed by atoms with Crippen molar-refractivity contribution >= 4 is 0 Å². The minimum Gasteiger partial charge on any atom is -0.283 e. The summed E-state index contributed by atoms with van der Waals surface area (Å²) >= 11 is 0. The highest BCUT2D eigenvalue weighted by molar-refractivity contribution is 4.81. The van der Waals surface area contributed by atoms with Crippen molar-refractivity contribution in [3.8, 4) is 0 Å². The molecule has 0 amide bonds. The normalized spacial score (nSPS) is 50.5. The molecule has 4 bridgehead atoms. The Morgan fingerprint density at radius 1 is 1.00 bits per heavy atom. The van der Waals surface area contributed by atoms with Crippen molar-refractivity contribution in [1.29, 1.82) is 0 Å². The minimum atomic E-state index is 1.19. The summed E-state index contributed by atoms with van der Waals surface area (Å²) < 4.78 is 1.23. The number of nitrogens with zero attached hydrogens (tertiary/aromatic N) is 4. The van der Waals surface area contributed by atoms with Gasteiger partial charge in [0.1, 0.15) is 26.6 Å². The van der Waals surface area contributed by atoms with Crippen LogP contribution in [0.5, 0.6) is 0 Å². The van der Waals surface area contributed by atoms with E-state index in [0.29, 0.717) is 0 Å². The van der Waals surface area contributed by atoms with Crippen molar-refractivity contribution in [2.45, 2.75) is 6.92 Å². The van der Waals surface area contributed by atoms with Crippen LogP contribution in [0, 0.1) is 0 Å². The van der Waals surface area contributed by atoms with Crippen molar-refractivity contribution < 1.29 is 4.48 Å². The number of hydrogen-bond donors (Lipinski definition) is 0. The molecule has 0 unspecified atom stereocenters. The fraction of sp³-hybridized carbons (Fsp3) is 0.800. The van der Waals surface area contributed by atoms with Gasteiger partial charge in [-0.3, -0.25) is 4.48 Å². The van der Waals surface area contributed by atoms with Gasteiger partial charge in [-0.2, -0.15) is 0 Å². The second-order valence-electron chi connectivity index (χ2n) is 4.95. The predicted octanol–water partition coefficient (Wildman–Crippen LogP) is 0.0711. The SMILES string of the molecule is CC=CC[N+]12CN3CN(CN(C3)C1)C2. The number of hydrogen-bond acceptors (Lipinski definition) is 3. The zero-order valence-electron chi connectivity index (χ0n) is 8.89. The molecule has 0 aromatic heterocycles. The summed E-state index contributed by atoms with van der Waals surface area (Å²) in [4.78, 5) is 7.67. The van der Waals surface area contributed by atoms with Gasteiger partial charge in [0.15, 0.2) is 0 Å². The van der Waals surface area contributed by atoms with Crippen LogP contribution >= 0.6 is 0 Å². The topological polar surface area (TPSA) is 9.72 Å². The molecule has 0 saturated carbocycles. The first-order chi connectivity index (χ1) is 6.80. The summed E-state index contributed by atoms with van der Waals surface area (Å²) in [5.41, 5.74) is 0. The van der Waals surface area contributed by atoms with E-state index in [-0.39, 0.29) is 0 Å². The first kappa shape index (κ1) is 8.85. The molecule has 0 atom stereocenters. The third-order valence-corrected chi connectivity index (χ3v) is 3.43. The van der Waals surface area contributed by atoms with E-state index in [2.05, 4.69) is 33.8 Å². The molecule has 0 N–H and O–H groups in total. The molecule has 4 fully saturated rings. The molecule has 14 heavy (non-hydrogen) atoms. The molecule has 0 aromatic carbocycles. The van der Waals surface area contributed by atoms with Gasteiger partial charge in [-0.1, -0.05) is 6.08 Å². The van der Waals surface area contributed by atoms with Gasteiger partial charge in [-0.15, -0.1) is 0 Å². The van der Waals surface area contributed by atoms with Gasteiger partial charge >= 0.3 is 0 Å². The van der Waals surface area contributed by atoms with E-state index in [4.69, 9.17) is 0 Å². The van der Waals surface area contributed by atoms with Gasteiger partial charge in [0, 0.05) is 0 Å². The van der Waals surface area contributed by atoms with Crippen LogP contribution in [0.1, 0.15) is 6.92 Å². The van der Waals surface area contributed by atoms with E-state index >= 15 is 0 Å². The predicted molar refractivity (Wildman–Crippen MR) is 54.7 cm³/mol. The Labute approximate surface area is 85.6 Å². The van der Waals surface area contributed by atoms with Gasteiger partial charge in [-0.25, -0.2) is 14.7 Å². The standard InChI is InChI=1S/C10H19N4/c1-2-3-4-14-8-11-5-12(9-14)7-13(6-11)10-14/h2-3H,4-10H2,1H3/q+1. The van der Waals surface area contributed by atoms with Crippen LogP contribution in [0.3, 0.4) is 0 Å². The van der Waals surface area contributed by atoms with Crippen molar-refractivity contribution in [3.05, 3.63) is 12.2 Å². The van der Waals surface area contributed by atoms with Crippen LogP contribution < -0.4 is 0 Å². The summed E-state index contributed by atoms with van der Waals surface area (Å²) in [5.74, 6) is 0. The maximum Gasteiger partial charge on any atom is 0.139 e. The zero-order chi connectivity index (χ0) is 9.60. The molecule has 4 saturated heterocycles. The maximum atomic E-state index is 2.56. The maximum absolute atomic E-state index is 2.56. The highest BCUT2D eigenvalue weighted by atomic mass is 15.7. The molecule has 0 aliphatic carbocycles. The minimum absolute atomic E-state index is 1.19. The van der Waals surface area contributed by atoms with Gasteiger partial charge in [0.25, 0.3) is 0 Å². The van der Waals surface area contributed by atoms with Crippen molar-refractivity contribution in [1.82, 2.24) is 14.7 Å². The largest absolute Gasteiger partial charge is 0.283 e. The zero-order valence-corrected chi connectivity index (χ0v) is 8.89. The Hall–Kier alpha value is -0.420. The van der Waals surface area contributed by atoms with Crippen LogP contribution in [0.2, 0.25) is 0 Å². The van der Waals surface area contributed by atoms with E-state index in [1.807, 2.05) is 0 Å². The second kappa shape index (κ2) is 3.03. The van der Waals surface area contributed by atoms with E-state index in [1.54, 1.807) is 0 Å². The van der Waals surface area contributed by atoms with E-state index < -0.39 is 0 Å². The summed E-state index contributed by atoms with van der Waals surface area (Å²) in [6.07, 6.45) is 4.49. The number of allylic oxidation sites excluding steroid dienone is 1. The lowest BCUT2D eigenvalue weighted by molar-refractivity contribution is -0.975. The van der Waals surface area contributed by atoms with Crippen LogP contribution in [0.25, 0.3) is 0 Å². The Bertz CT molecular complexity index is 226. The average molecular weight is 195 g/mol. The molecular formula is C10H19N4+. The lowest BCUT2D eigenvalue weighted by atomic mass is 10.3. The van der Waals surface area contributed by atoms with E-state index in [9.17, 15) is 0 Å². The van der Waals surface area contributed by atoms with E-state index in [0.717, 1.165) is 0 Å². The van der Waals surface area contributed by atoms with Gasteiger partial charge in [0.05, 0.1) is 20.0 Å². The Kier molecular flexibility index (Phi) is 1.92. The van der Waals surface area contributed by atoms with Crippen LogP contribution in [0.4, 0.5) is 0 Å². The molecule has 4 heterocycles. The molecular weight excluding hydrogens is 176 g/mol. The first-order valence-electron chi connectivity index (χ1n) is 5.43. The number of quaternary nitrogens is 1. The molecule has 4 heteroatoms. The summed E-state index contributed by atoms with van der Waals surface area (Å²) in [6, 6.07) is 0. The highest BCUT2D eigenvalue weighted by Gasteiger charge is 2.47. The van der Waals surface area contributed by atoms with Crippen LogP contribution in [-0.2, 0) is 0 Å². The molecule has 0 aromatic rings. The molecule has 4 rings (SSSR count). The summed E-state index contributed by atoms with van der Waals surface area (Å²) in [7, 11) is 0. The molecule has 4 nitrogen and oxygen atoms in total. The Morgan fingerprint density at radius 3 is 1.93 bits per heavy atom. The molecule has 0 spiro atoms. The van der Waals surface area contributed by atoms with Crippen molar-refractivity contribution in [2.24, 2.45) is 0 Å². The van der Waals surface area contributed by atoms with Crippen molar-refractivity contribution in [3.63, 3.8) is 0 Å². The van der Waals surface area contributed by atoms with Crippen LogP contribution in [-0.4, -0.2) is 65.7 Å².